The van der Waals surface area contributed by atoms with Crippen molar-refractivity contribution in [3.05, 3.63) is 35.9 Å². The SMILES string of the molecule is CCN(CC)C(=O)CN(C)C(CCN)c1ccccc1. The van der Waals surface area contributed by atoms with E-state index in [0.29, 0.717) is 13.1 Å². The summed E-state index contributed by atoms with van der Waals surface area (Å²) in [5.74, 6) is 0.176. The molecule has 1 unspecified atom stereocenters. The fourth-order valence-corrected chi connectivity index (χ4v) is 2.47. The second-order valence-electron chi connectivity index (χ2n) is 4.98. The lowest BCUT2D eigenvalue weighted by molar-refractivity contribution is -0.132. The Morgan fingerprint density at radius 1 is 1.20 bits per heavy atom. The van der Waals surface area contributed by atoms with Gasteiger partial charge >= 0.3 is 0 Å². The van der Waals surface area contributed by atoms with Gasteiger partial charge in [-0.15, -0.1) is 0 Å². The monoisotopic (exact) mass is 277 g/mol. The van der Waals surface area contributed by atoms with Crippen molar-refractivity contribution in [3.8, 4) is 0 Å². The van der Waals surface area contributed by atoms with E-state index in [4.69, 9.17) is 5.73 Å². The second-order valence-corrected chi connectivity index (χ2v) is 4.98. The molecule has 0 radical (unpaired) electrons. The van der Waals surface area contributed by atoms with Gasteiger partial charge in [0.05, 0.1) is 6.54 Å². The molecule has 4 heteroatoms. The number of benzene rings is 1. The third kappa shape index (κ3) is 4.62. The zero-order chi connectivity index (χ0) is 15.0. The minimum absolute atomic E-state index is 0.176. The number of amides is 1. The lowest BCUT2D eigenvalue weighted by Gasteiger charge is -2.30. The van der Waals surface area contributed by atoms with Gasteiger partial charge in [-0.1, -0.05) is 30.3 Å². The van der Waals surface area contributed by atoms with Crippen LogP contribution in [0.15, 0.2) is 30.3 Å². The Morgan fingerprint density at radius 2 is 1.80 bits per heavy atom. The highest BCUT2D eigenvalue weighted by atomic mass is 16.2. The Balaban J connectivity index is 2.75. The number of nitrogens with two attached hydrogens (primary N) is 1. The minimum Gasteiger partial charge on any atom is -0.342 e. The molecule has 1 aromatic carbocycles. The zero-order valence-electron chi connectivity index (χ0n) is 12.9. The van der Waals surface area contributed by atoms with Crippen LogP contribution in [0.1, 0.15) is 31.9 Å². The van der Waals surface area contributed by atoms with Crippen molar-refractivity contribution in [1.82, 2.24) is 9.80 Å². The van der Waals surface area contributed by atoms with E-state index >= 15 is 0 Å². The molecule has 0 fully saturated rings. The molecule has 2 N–H and O–H groups in total. The third-order valence-corrected chi connectivity index (χ3v) is 3.66. The zero-order valence-corrected chi connectivity index (χ0v) is 12.9. The average Bonchev–Trinajstić information content (AvgIpc) is 2.46. The van der Waals surface area contributed by atoms with Crippen LogP contribution in [-0.4, -0.2) is 48.9 Å². The fourth-order valence-electron chi connectivity index (χ4n) is 2.47. The highest BCUT2D eigenvalue weighted by Gasteiger charge is 2.20. The predicted molar refractivity (Wildman–Crippen MR) is 83.4 cm³/mol. The predicted octanol–water partition coefficient (Wildman–Crippen LogP) is 1.88. The minimum atomic E-state index is 0.176. The molecule has 0 spiro atoms. The summed E-state index contributed by atoms with van der Waals surface area (Å²) in [6.45, 7) is 6.59. The number of hydrogen-bond acceptors (Lipinski definition) is 3. The van der Waals surface area contributed by atoms with E-state index in [1.54, 1.807) is 0 Å². The summed E-state index contributed by atoms with van der Waals surface area (Å²) >= 11 is 0. The van der Waals surface area contributed by atoms with Gasteiger partial charge in [-0.25, -0.2) is 0 Å². The first-order chi connectivity index (χ1) is 9.63. The standard InChI is InChI=1S/C16H27N3O/c1-4-19(5-2)16(20)13-18(3)15(11-12-17)14-9-7-6-8-10-14/h6-10,15H,4-5,11-13,17H2,1-3H3. The van der Waals surface area contributed by atoms with Crippen LogP contribution in [0.5, 0.6) is 0 Å². The first-order valence-corrected chi connectivity index (χ1v) is 7.37. The largest absolute Gasteiger partial charge is 0.342 e. The maximum atomic E-state index is 12.2. The van der Waals surface area contributed by atoms with Crippen LogP contribution in [0.3, 0.4) is 0 Å². The molecule has 0 aliphatic rings. The van der Waals surface area contributed by atoms with E-state index in [1.807, 2.05) is 44.0 Å². The molecular weight excluding hydrogens is 250 g/mol. The van der Waals surface area contributed by atoms with Gasteiger partial charge in [-0.05, 0) is 39.4 Å². The molecule has 1 rings (SSSR count). The van der Waals surface area contributed by atoms with Crippen molar-refractivity contribution in [1.29, 1.82) is 0 Å². The molecule has 112 valence electrons. The molecule has 1 atom stereocenters. The van der Waals surface area contributed by atoms with E-state index in [0.717, 1.165) is 19.5 Å². The first-order valence-electron chi connectivity index (χ1n) is 7.37. The van der Waals surface area contributed by atoms with Crippen LogP contribution in [0.4, 0.5) is 0 Å². The van der Waals surface area contributed by atoms with E-state index in [-0.39, 0.29) is 11.9 Å². The summed E-state index contributed by atoms with van der Waals surface area (Å²) in [5, 5.41) is 0. The van der Waals surface area contributed by atoms with Crippen molar-refractivity contribution < 1.29 is 4.79 Å². The number of carbonyl (C=O) groups excluding carboxylic acids is 1. The van der Waals surface area contributed by atoms with Crippen molar-refractivity contribution in [2.75, 3.05) is 33.2 Å². The summed E-state index contributed by atoms with van der Waals surface area (Å²) < 4.78 is 0. The summed E-state index contributed by atoms with van der Waals surface area (Å²) in [5.41, 5.74) is 6.94. The Hall–Kier alpha value is -1.39. The van der Waals surface area contributed by atoms with Gasteiger partial charge in [0, 0.05) is 19.1 Å². The maximum Gasteiger partial charge on any atom is 0.236 e. The van der Waals surface area contributed by atoms with Crippen molar-refractivity contribution >= 4 is 5.91 Å². The fraction of sp³-hybridized carbons (Fsp3) is 0.562. The Labute approximate surface area is 122 Å². The molecule has 0 aliphatic heterocycles. The van der Waals surface area contributed by atoms with Gasteiger partial charge in [0.2, 0.25) is 5.91 Å². The molecule has 0 saturated heterocycles. The number of likely N-dealkylation sites (N-methyl/N-ethyl adjacent to an activating group) is 2. The molecule has 4 nitrogen and oxygen atoms in total. The molecule has 0 bridgehead atoms. The maximum absolute atomic E-state index is 12.2. The van der Waals surface area contributed by atoms with E-state index in [2.05, 4.69) is 17.0 Å². The van der Waals surface area contributed by atoms with Gasteiger partial charge in [-0.2, -0.15) is 0 Å². The topological polar surface area (TPSA) is 49.6 Å². The molecule has 0 heterocycles. The van der Waals surface area contributed by atoms with E-state index < -0.39 is 0 Å². The van der Waals surface area contributed by atoms with Gasteiger partial charge in [-0.3, -0.25) is 9.69 Å². The van der Waals surface area contributed by atoms with Gasteiger partial charge in [0.25, 0.3) is 0 Å². The van der Waals surface area contributed by atoms with Crippen LogP contribution in [0.25, 0.3) is 0 Å². The number of carbonyl (C=O) groups is 1. The smallest absolute Gasteiger partial charge is 0.236 e. The Kier molecular flexibility index (Phi) is 7.26. The van der Waals surface area contributed by atoms with Crippen LogP contribution < -0.4 is 5.73 Å². The van der Waals surface area contributed by atoms with Crippen LogP contribution in [-0.2, 0) is 4.79 Å². The van der Waals surface area contributed by atoms with Crippen LogP contribution >= 0.6 is 0 Å². The average molecular weight is 277 g/mol. The summed E-state index contributed by atoms with van der Waals surface area (Å²) in [6.07, 6.45) is 0.853. The Bertz CT molecular complexity index is 390. The molecule has 0 aromatic heterocycles. The van der Waals surface area contributed by atoms with Gasteiger partial charge in [0.1, 0.15) is 0 Å². The van der Waals surface area contributed by atoms with Gasteiger partial charge < -0.3 is 10.6 Å². The number of hydrogen-bond donors (Lipinski definition) is 1. The number of nitrogens with zero attached hydrogens (tertiary/aromatic N) is 2. The second kappa shape index (κ2) is 8.72. The molecular formula is C16H27N3O. The quantitative estimate of drug-likeness (QED) is 0.789. The highest BCUT2D eigenvalue weighted by molar-refractivity contribution is 5.78. The Morgan fingerprint density at radius 3 is 2.30 bits per heavy atom. The van der Waals surface area contributed by atoms with Crippen molar-refractivity contribution in [2.45, 2.75) is 26.3 Å². The third-order valence-electron chi connectivity index (χ3n) is 3.66. The van der Waals surface area contributed by atoms with E-state index in [1.165, 1.54) is 5.56 Å². The van der Waals surface area contributed by atoms with Crippen molar-refractivity contribution in [3.63, 3.8) is 0 Å². The first kappa shape index (κ1) is 16.7. The summed E-state index contributed by atoms with van der Waals surface area (Å²) in [7, 11) is 1.99. The normalized spacial score (nSPS) is 12.4. The van der Waals surface area contributed by atoms with Crippen LogP contribution in [0.2, 0.25) is 0 Å². The molecule has 0 saturated carbocycles. The van der Waals surface area contributed by atoms with Gasteiger partial charge in [0.15, 0.2) is 0 Å². The van der Waals surface area contributed by atoms with Crippen molar-refractivity contribution in [2.24, 2.45) is 5.73 Å². The van der Waals surface area contributed by atoms with Crippen LogP contribution in [0, 0.1) is 0 Å². The molecule has 1 amide bonds. The summed E-state index contributed by atoms with van der Waals surface area (Å²) in [6, 6.07) is 10.4. The molecule has 0 aliphatic carbocycles. The molecule has 20 heavy (non-hydrogen) atoms. The molecule has 1 aromatic rings. The number of rotatable bonds is 8. The van der Waals surface area contributed by atoms with E-state index in [9.17, 15) is 4.79 Å². The summed E-state index contributed by atoms with van der Waals surface area (Å²) in [4.78, 5) is 16.2. The lowest BCUT2D eigenvalue weighted by atomic mass is 10.0. The highest BCUT2D eigenvalue weighted by Crippen LogP contribution is 2.22. The lowest BCUT2D eigenvalue weighted by Crippen LogP contribution is -2.40.